The zero-order valence-electron chi connectivity index (χ0n) is 17.2. The number of nitrogens with one attached hydrogen (secondary N) is 2. The molecule has 0 spiro atoms. The highest BCUT2D eigenvalue weighted by molar-refractivity contribution is 7.81. The molecule has 1 saturated carbocycles. The molecule has 5 heteroatoms. The molecule has 1 aliphatic carbocycles. The topological polar surface area (TPSA) is 71.2 Å². The van der Waals surface area contributed by atoms with Crippen molar-refractivity contribution in [1.82, 2.24) is 4.90 Å². The Kier molecular flexibility index (Phi) is 10.2. The number of hydrogen-bond donors (Lipinski definition) is 4. The molecule has 0 bridgehead atoms. The van der Waals surface area contributed by atoms with Crippen LogP contribution in [-0.2, 0) is 0 Å². The number of nitrogens with zero attached hydrogens (tertiary/aromatic N) is 1. The van der Waals surface area contributed by atoms with E-state index in [1.807, 2.05) is 38.7 Å². The molecule has 3 rings (SSSR count). The van der Waals surface area contributed by atoms with Crippen LogP contribution in [0.15, 0.2) is 24.3 Å². The summed E-state index contributed by atoms with van der Waals surface area (Å²) in [4.78, 5) is 2.00. The van der Waals surface area contributed by atoms with E-state index in [1.165, 1.54) is 19.3 Å². The van der Waals surface area contributed by atoms with Crippen molar-refractivity contribution in [3.05, 3.63) is 41.0 Å². The highest BCUT2D eigenvalue weighted by Crippen LogP contribution is 2.23. The number of phenols is 1. The van der Waals surface area contributed by atoms with Crippen LogP contribution < -0.4 is 0 Å². The molecule has 0 amide bonds. The van der Waals surface area contributed by atoms with E-state index in [4.69, 9.17) is 10.8 Å². The third-order valence-corrected chi connectivity index (χ3v) is 5.35. The predicted molar refractivity (Wildman–Crippen MR) is 120 cm³/mol. The minimum Gasteiger partial charge on any atom is -0.507 e. The number of thiol groups is 1. The molecular formula is C22H35N3OS. The summed E-state index contributed by atoms with van der Waals surface area (Å²) in [5.41, 5.74) is 2.80. The average molecular weight is 390 g/mol. The van der Waals surface area contributed by atoms with Crippen molar-refractivity contribution >= 4 is 24.2 Å². The lowest BCUT2D eigenvalue weighted by atomic mass is 10.0. The lowest BCUT2D eigenvalue weighted by molar-refractivity contribution is 0.473. The van der Waals surface area contributed by atoms with Gasteiger partial charge in [0.05, 0.1) is 5.71 Å². The first-order valence-corrected chi connectivity index (χ1v) is 10.5. The Labute approximate surface area is 170 Å². The molecule has 0 radical (unpaired) electrons. The number of phenolic OH excluding ortho intramolecular Hbond substituents is 1. The van der Waals surface area contributed by atoms with Crippen LogP contribution in [0.25, 0.3) is 0 Å². The minimum atomic E-state index is 0.121. The maximum atomic E-state index is 9.92. The fourth-order valence-electron chi connectivity index (χ4n) is 2.72. The molecule has 1 heterocycles. The van der Waals surface area contributed by atoms with Crippen LogP contribution in [0.4, 0.5) is 0 Å². The molecule has 2 aliphatic rings. The van der Waals surface area contributed by atoms with E-state index in [2.05, 4.69) is 12.6 Å². The molecule has 1 aromatic carbocycles. The van der Waals surface area contributed by atoms with Gasteiger partial charge in [-0.05, 0) is 74.9 Å². The van der Waals surface area contributed by atoms with Gasteiger partial charge in [-0.3, -0.25) is 5.41 Å². The third-order valence-electron chi connectivity index (χ3n) is 4.83. The van der Waals surface area contributed by atoms with Gasteiger partial charge in [0.1, 0.15) is 11.6 Å². The van der Waals surface area contributed by atoms with Crippen molar-refractivity contribution in [2.24, 2.45) is 0 Å². The highest BCUT2D eigenvalue weighted by Gasteiger charge is 2.13. The summed E-state index contributed by atoms with van der Waals surface area (Å²) < 4.78 is 0. The Balaban J connectivity index is 0.000000441. The summed E-state index contributed by atoms with van der Waals surface area (Å²) in [6.07, 6.45) is 9.60. The van der Waals surface area contributed by atoms with Crippen LogP contribution in [0, 0.1) is 24.7 Å². The third kappa shape index (κ3) is 7.41. The van der Waals surface area contributed by atoms with Crippen LogP contribution >= 0.6 is 12.6 Å². The van der Waals surface area contributed by atoms with E-state index in [1.54, 1.807) is 18.2 Å². The number of amidine groups is 1. The van der Waals surface area contributed by atoms with Crippen molar-refractivity contribution < 1.29 is 5.11 Å². The van der Waals surface area contributed by atoms with Gasteiger partial charge in [0, 0.05) is 23.9 Å². The molecule has 4 nitrogen and oxygen atoms in total. The van der Waals surface area contributed by atoms with Crippen molar-refractivity contribution in [1.29, 1.82) is 10.8 Å². The normalized spacial score (nSPS) is 16.1. The molecule has 0 atom stereocenters. The zero-order valence-corrected chi connectivity index (χ0v) is 18.1. The van der Waals surface area contributed by atoms with E-state index in [-0.39, 0.29) is 11.5 Å². The summed E-state index contributed by atoms with van der Waals surface area (Å²) >= 11 is 4.18. The second-order valence-corrected chi connectivity index (χ2v) is 7.60. The van der Waals surface area contributed by atoms with Crippen molar-refractivity contribution in [2.45, 2.75) is 65.0 Å². The van der Waals surface area contributed by atoms with E-state index >= 15 is 0 Å². The molecule has 2 fully saturated rings. The van der Waals surface area contributed by atoms with Gasteiger partial charge in [0.25, 0.3) is 0 Å². The smallest absolute Gasteiger partial charge is 0.125 e. The Morgan fingerprint density at radius 3 is 2.04 bits per heavy atom. The van der Waals surface area contributed by atoms with Gasteiger partial charge in [-0.1, -0.05) is 20.3 Å². The summed E-state index contributed by atoms with van der Waals surface area (Å²) in [7, 11) is 0. The minimum absolute atomic E-state index is 0.121. The summed E-state index contributed by atoms with van der Waals surface area (Å²) in [5.74, 6) is 0.561. The predicted octanol–water partition coefficient (Wildman–Crippen LogP) is 5.50. The first-order chi connectivity index (χ1) is 12.9. The summed E-state index contributed by atoms with van der Waals surface area (Å²) in [6, 6.07) is 3.50. The molecule has 1 saturated heterocycles. The van der Waals surface area contributed by atoms with Gasteiger partial charge in [0.15, 0.2) is 0 Å². The number of aromatic hydroxyl groups is 1. The largest absolute Gasteiger partial charge is 0.507 e. The number of benzene rings is 1. The molecule has 0 aromatic heterocycles. The second kappa shape index (κ2) is 11.9. The van der Waals surface area contributed by atoms with Gasteiger partial charge in [-0.25, -0.2) is 0 Å². The van der Waals surface area contributed by atoms with E-state index in [0.717, 1.165) is 42.3 Å². The van der Waals surface area contributed by atoms with Crippen LogP contribution in [0.5, 0.6) is 5.75 Å². The van der Waals surface area contributed by atoms with Gasteiger partial charge >= 0.3 is 0 Å². The standard InChI is InChI=1S/C16H21N3O.C4H8S.C2H6/c1-11-9-13(15(20)10-12(11)2)14(17)5-6-16(18)19-7-3-4-8-19;5-4-2-1-3-4;1-2/h5-6,9-10,17-18,20H,3-4,7-8H2,1-2H3;4-5H,1-3H2;1-2H3/b6-5-,17-14?,18-16?;;. The molecule has 1 aromatic rings. The Morgan fingerprint density at radius 1 is 1.04 bits per heavy atom. The maximum absolute atomic E-state index is 9.92. The molecule has 27 heavy (non-hydrogen) atoms. The zero-order chi connectivity index (χ0) is 20.4. The van der Waals surface area contributed by atoms with Crippen molar-refractivity contribution in [2.75, 3.05) is 13.1 Å². The molecule has 1 aliphatic heterocycles. The van der Waals surface area contributed by atoms with Crippen LogP contribution in [-0.4, -0.2) is 39.9 Å². The average Bonchev–Trinajstić information content (AvgIpc) is 3.17. The van der Waals surface area contributed by atoms with Crippen LogP contribution in [0.2, 0.25) is 0 Å². The van der Waals surface area contributed by atoms with Crippen molar-refractivity contribution in [3.63, 3.8) is 0 Å². The highest BCUT2D eigenvalue weighted by atomic mass is 32.1. The fraction of sp³-hybridized carbons (Fsp3) is 0.545. The monoisotopic (exact) mass is 389 g/mol. The quantitative estimate of drug-likeness (QED) is 0.313. The SMILES string of the molecule is CC.Cc1cc(O)c(C(=N)/C=C\C(=N)N2CCCC2)cc1C.SC1CCC1. The van der Waals surface area contributed by atoms with Gasteiger partial charge < -0.3 is 15.4 Å². The maximum Gasteiger partial charge on any atom is 0.125 e. The van der Waals surface area contributed by atoms with Crippen molar-refractivity contribution in [3.8, 4) is 5.75 Å². The van der Waals surface area contributed by atoms with Gasteiger partial charge in [-0.15, -0.1) is 0 Å². The Hall–Kier alpha value is -1.75. The lowest BCUT2D eigenvalue weighted by Gasteiger charge is -2.17. The van der Waals surface area contributed by atoms with Crippen LogP contribution in [0.1, 0.15) is 62.6 Å². The molecular weight excluding hydrogens is 354 g/mol. The number of aryl methyl sites for hydroxylation is 2. The van der Waals surface area contributed by atoms with E-state index in [0.29, 0.717) is 11.4 Å². The molecule has 3 N–H and O–H groups in total. The fourth-order valence-corrected chi connectivity index (χ4v) is 3.08. The number of allylic oxidation sites excluding steroid dienone is 1. The number of rotatable bonds is 3. The van der Waals surface area contributed by atoms with Gasteiger partial charge in [-0.2, -0.15) is 12.6 Å². The first-order valence-electron chi connectivity index (χ1n) is 9.97. The van der Waals surface area contributed by atoms with Crippen LogP contribution in [0.3, 0.4) is 0 Å². The van der Waals surface area contributed by atoms with E-state index < -0.39 is 0 Å². The first kappa shape index (κ1) is 23.3. The lowest BCUT2D eigenvalue weighted by Crippen LogP contribution is -2.25. The van der Waals surface area contributed by atoms with E-state index in [9.17, 15) is 5.11 Å². The number of hydrogen-bond acceptors (Lipinski definition) is 4. The summed E-state index contributed by atoms with van der Waals surface area (Å²) in [5, 5.41) is 26.7. The van der Waals surface area contributed by atoms with Gasteiger partial charge in [0.2, 0.25) is 0 Å². The molecule has 0 unspecified atom stereocenters. The second-order valence-electron chi connectivity index (χ2n) is 6.86. The Bertz CT molecular complexity index is 660. The Morgan fingerprint density at radius 2 is 1.56 bits per heavy atom. The number of likely N-dealkylation sites (tertiary alicyclic amines) is 1. The summed E-state index contributed by atoms with van der Waals surface area (Å²) in [6.45, 7) is 9.74. The molecule has 150 valence electrons.